The summed E-state index contributed by atoms with van der Waals surface area (Å²) in [7, 11) is 1.83. The molecule has 2 aliphatic heterocycles. The van der Waals surface area contributed by atoms with E-state index in [4.69, 9.17) is 27.9 Å². The van der Waals surface area contributed by atoms with Crippen LogP contribution in [-0.4, -0.2) is 43.7 Å². The van der Waals surface area contributed by atoms with Crippen molar-refractivity contribution in [1.29, 1.82) is 0 Å². The monoisotopic (exact) mass is 354 g/mol. The van der Waals surface area contributed by atoms with E-state index in [0.29, 0.717) is 23.1 Å². The number of likely N-dealkylation sites (N-methyl/N-ethyl adjacent to an activating group) is 1. The fourth-order valence-corrected chi connectivity index (χ4v) is 3.51. The molecular formula is C17H20Cl2N2O2. The number of rotatable bonds is 4. The zero-order valence-electron chi connectivity index (χ0n) is 13.0. The van der Waals surface area contributed by atoms with E-state index in [1.165, 1.54) is 5.57 Å². The van der Waals surface area contributed by atoms with Crippen LogP contribution in [0.1, 0.15) is 24.4 Å². The summed E-state index contributed by atoms with van der Waals surface area (Å²) < 4.78 is 5.46. The van der Waals surface area contributed by atoms with Crippen LogP contribution in [0.5, 0.6) is 0 Å². The van der Waals surface area contributed by atoms with Crippen molar-refractivity contribution >= 4 is 29.1 Å². The molecule has 4 nitrogen and oxygen atoms in total. The summed E-state index contributed by atoms with van der Waals surface area (Å²) in [5.74, 6) is 0.132. The maximum absolute atomic E-state index is 12.2. The minimum absolute atomic E-state index is 0.0395. The molecule has 2 heterocycles. The number of nitrogens with zero attached hydrogens (tertiary/aromatic N) is 1. The predicted molar refractivity (Wildman–Crippen MR) is 91.9 cm³/mol. The molecule has 1 aromatic carbocycles. The Morgan fingerprint density at radius 2 is 2.17 bits per heavy atom. The fourth-order valence-electron chi connectivity index (χ4n) is 3.20. The molecule has 23 heavy (non-hydrogen) atoms. The molecule has 0 unspecified atom stereocenters. The third-order valence-electron chi connectivity index (χ3n) is 4.45. The lowest BCUT2D eigenvalue weighted by Gasteiger charge is -2.27. The molecule has 1 fully saturated rings. The van der Waals surface area contributed by atoms with E-state index >= 15 is 0 Å². The number of hydrogen-bond donors (Lipinski definition) is 1. The molecule has 0 radical (unpaired) electrons. The normalized spacial score (nSPS) is 24.9. The molecule has 124 valence electrons. The summed E-state index contributed by atoms with van der Waals surface area (Å²) in [6.45, 7) is 2.20. The van der Waals surface area contributed by atoms with E-state index in [2.05, 4.69) is 11.4 Å². The topological polar surface area (TPSA) is 41.6 Å². The minimum atomic E-state index is -0.0395. The predicted octanol–water partition coefficient (Wildman–Crippen LogP) is 3.20. The highest BCUT2D eigenvalue weighted by atomic mass is 35.5. The van der Waals surface area contributed by atoms with Crippen molar-refractivity contribution in [3.8, 4) is 0 Å². The van der Waals surface area contributed by atoms with Crippen LogP contribution in [0, 0.1) is 0 Å². The zero-order valence-corrected chi connectivity index (χ0v) is 14.5. The first-order valence-corrected chi connectivity index (χ1v) is 8.51. The van der Waals surface area contributed by atoms with Crippen LogP contribution in [0.2, 0.25) is 10.0 Å². The van der Waals surface area contributed by atoms with Crippen LogP contribution in [0.3, 0.4) is 0 Å². The van der Waals surface area contributed by atoms with Gasteiger partial charge in [-0.05, 0) is 29.7 Å². The number of likely N-dealkylation sites (tertiary alicyclic amines) is 1. The summed E-state index contributed by atoms with van der Waals surface area (Å²) in [5, 5.41) is 4.55. The van der Waals surface area contributed by atoms with E-state index < -0.39 is 0 Å². The molecule has 3 rings (SSSR count). The number of halogens is 2. The van der Waals surface area contributed by atoms with Gasteiger partial charge in [0.1, 0.15) is 0 Å². The van der Waals surface area contributed by atoms with Crippen LogP contribution in [-0.2, 0) is 9.53 Å². The second kappa shape index (κ2) is 7.22. The number of carbonyl (C=O) groups is 1. The standard InChI is InChI=1S/C17H20Cl2N2O2/c1-21-16(22)8-15(20-9-11-3-2-6-23-10-11)17(21)12-4-5-13(18)14(19)7-12/h3-5,7,15,17,20H,2,6,8-10H2,1H3/t15-,17+/m1/s1. The lowest BCUT2D eigenvalue weighted by atomic mass is 9.99. The molecule has 0 spiro atoms. The van der Waals surface area contributed by atoms with Gasteiger partial charge in [0.15, 0.2) is 0 Å². The Kier molecular flexibility index (Phi) is 5.27. The van der Waals surface area contributed by atoms with Crippen molar-refractivity contribution in [3.05, 3.63) is 45.5 Å². The Labute approximate surface area is 146 Å². The Morgan fingerprint density at radius 3 is 2.87 bits per heavy atom. The van der Waals surface area contributed by atoms with E-state index in [0.717, 1.165) is 25.1 Å². The highest BCUT2D eigenvalue weighted by Gasteiger charge is 2.38. The molecule has 1 saturated heterocycles. The summed E-state index contributed by atoms with van der Waals surface area (Å²) in [4.78, 5) is 13.9. The van der Waals surface area contributed by atoms with Crippen molar-refractivity contribution in [2.75, 3.05) is 26.8 Å². The Bertz CT molecular complexity index is 633. The Morgan fingerprint density at radius 1 is 1.35 bits per heavy atom. The van der Waals surface area contributed by atoms with Crippen LogP contribution in [0.25, 0.3) is 0 Å². The SMILES string of the molecule is CN1C(=O)C[C@@H](NCC2=CCCOC2)[C@@H]1c1ccc(Cl)c(Cl)c1. The van der Waals surface area contributed by atoms with E-state index in [-0.39, 0.29) is 18.0 Å². The molecular weight excluding hydrogens is 335 g/mol. The van der Waals surface area contributed by atoms with Gasteiger partial charge < -0.3 is 15.0 Å². The maximum atomic E-state index is 12.2. The molecule has 2 atom stereocenters. The summed E-state index contributed by atoms with van der Waals surface area (Å²) in [6.07, 6.45) is 3.65. The average molecular weight is 355 g/mol. The number of ether oxygens (including phenoxy) is 1. The van der Waals surface area contributed by atoms with Crippen molar-refractivity contribution in [2.24, 2.45) is 0 Å². The van der Waals surface area contributed by atoms with Gasteiger partial charge in [-0.3, -0.25) is 4.79 Å². The van der Waals surface area contributed by atoms with Crippen LogP contribution in [0.4, 0.5) is 0 Å². The summed E-state index contributed by atoms with van der Waals surface area (Å²) in [5.41, 5.74) is 2.24. The van der Waals surface area contributed by atoms with Crippen molar-refractivity contribution in [2.45, 2.75) is 24.9 Å². The van der Waals surface area contributed by atoms with Gasteiger partial charge >= 0.3 is 0 Å². The van der Waals surface area contributed by atoms with Crippen molar-refractivity contribution in [3.63, 3.8) is 0 Å². The van der Waals surface area contributed by atoms with Gasteiger partial charge in [-0.25, -0.2) is 0 Å². The minimum Gasteiger partial charge on any atom is -0.377 e. The third kappa shape index (κ3) is 3.72. The molecule has 0 aliphatic carbocycles. The fraction of sp³-hybridized carbons (Fsp3) is 0.471. The highest BCUT2D eigenvalue weighted by Crippen LogP contribution is 2.35. The number of nitrogens with one attached hydrogen (secondary N) is 1. The number of hydrogen-bond acceptors (Lipinski definition) is 3. The lowest BCUT2D eigenvalue weighted by molar-refractivity contribution is -0.127. The average Bonchev–Trinajstić information content (AvgIpc) is 2.84. The van der Waals surface area contributed by atoms with Crippen LogP contribution < -0.4 is 5.32 Å². The molecule has 0 bridgehead atoms. The highest BCUT2D eigenvalue weighted by molar-refractivity contribution is 6.42. The number of amides is 1. The van der Waals surface area contributed by atoms with E-state index in [1.54, 1.807) is 11.0 Å². The molecule has 1 N–H and O–H groups in total. The molecule has 0 saturated carbocycles. The van der Waals surface area contributed by atoms with Crippen LogP contribution in [0.15, 0.2) is 29.8 Å². The Balaban J connectivity index is 1.76. The van der Waals surface area contributed by atoms with Crippen molar-refractivity contribution < 1.29 is 9.53 Å². The second-order valence-electron chi connectivity index (χ2n) is 6.02. The van der Waals surface area contributed by atoms with Crippen LogP contribution >= 0.6 is 23.2 Å². The maximum Gasteiger partial charge on any atom is 0.224 e. The third-order valence-corrected chi connectivity index (χ3v) is 5.18. The molecule has 6 heteroatoms. The van der Waals surface area contributed by atoms with Crippen molar-refractivity contribution in [1.82, 2.24) is 10.2 Å². The first kappa shape index (κ1) is 16.8. The van der Waals surface area contributed by atoms with E-state index in [9.17, 15) is 4.79 Å². The second-order valence-corrected chi connectivity index (χ2v) is 6.83. The Hall–Kier alpha value is -1.07. The molecule has 2 aliphatic rings. The quantitative estimate of drug-likeness (QED) is 0.844. The van der Waals surface area contributed by atoms with E-state index in [1.807, 2.05) is 19.2 Å². The summed E-state index contributed by atoms with van der Waals surface area (Å²) >= 11 is 12.1. The number of carbonyl (C=O) groups excluding carboxylic acids is 1. The first-order valence-electron chi connectivity index (χ1n) is 7.76. The smallest absolute Gasteiger partial charge is 0.224 e. The van der Waals surface area contributed by atoms with Gasteiger partial charge in [-0.1, -0.05) is 35.3 Å². The summed E-state index contributed by atoms with van der Waals surface area (Å²) in [6, 6.07) is 5.58. The molecule has 1 amide bonds. The zero-order chi connectivity index (χ0) is 16.4. The first-order chi connectivity index (χ1) is 11.1. The number of benzene rings is 1. The van der Waals surface area contributed by atoms with Gasteiger partial charge in [0.05, 0.1) is 29.3 Å². The molecule has 1 aromatic rings. The molecule has 0 aromatic heterocycles. The van der Waals surface area contributed by atoms with Gasteiger partial charge in [0.25, 0.3) is 0 Å². The van der Waals surface area contributed by atoms with Gasteiger partial charge in [0.2, 0.25) is 5.91 Å². The largest absolute Gasteiger partial charge is 0.377 e. The van der Waals surface area contributed by atoms with Gasteiger partial charge in [-0.2, -0.15) is 0 Å². The lowest BCUT2D eigenvalue weighted by Crippen LogP contribution is -2.37. The van der Waals surface area contributed by atoms with Gasteiger partial charge in [-0.15, -0.1) is 0 Å². The van der Waals surface area contributed by atoms with Gasteiger partial charge in [0, 0.05) is 26.1 Å².